The minimum absolute atomic E-state index is 0.0130. The Morgan fingerprint density at radius 3 is 2.53 bits per heavy atom. The third-order valence-electron chi connectivity index (χ3n) is 2.38. The van der Waals surface area contributed by atoms with Gasteiger partial charge in [0.05, 0.1) is 11.4 Å². The molecule has 0 spiro atoms. The molecule has 0 bridgehead atoms. The summed E-state index contributed by atoms with van der Waals surface area (Å²) in [5, 5.41) is 0. The molecule has 0 unspecified atom stereocenters. The lowest BCUT2D eigenvalue weighted by atomic mass is 10.3. The maximum absolute atomic E-state index is 13.1. The van der Waals surface area contributed by atoms with Crippen molar-refractivity contribution in [2.24, 2.45) is 0 Å². The van der Waals surface area contributed by atoms with Gasteiger partial charge in [0.1, 0.15) is 10.7 Å². The van der Waals surface area contributed by atoms with E-state index in [0.717, 1.165) is 12.1 Å². The van der Waals surface area contributed by atoms with E-state index in [1.165, 1.54) is 6.07 Å². The molecular weight excluding hydrogens is 335 g/mol. The van der Waals surface area contributed by atoms with Gasteiger partial charge in [-0.05, 0) is 46.3 Å². The Balaban J connectivity index is 2.44. The zero-order chi connectivity index (χ0) is 14.0. The zero-order valence-electron chi connectivity index (χ0n) is 9.60. The predicted molar refractivity (Wildman–Crippen MR) is 75.8 cm³/mol. The third-order valence-corrected chi connectivity index (χ3v) is 4.50. The third kappa shape index (κ3) is 3.05. The van der Waals surface area contributed by atoms with Gasteiger partial charge in [-0.1, -0.05) is 12.1 Å². The Hall–Kier alpha value is -1.60. The number of sulfonamides is 1. The molecule has 2 aromatic carbocycles. The molecule has 2 aromatic rings. The standard InChI is InChI=1S/C12H10BrFN2O2S/c13-9-3-1-2-4-11(9)16-19(17,18)12-7-8(14)5-6-10(12)15/h1-7,16H,15H2. The van der Waals surface area contributed by atoms with E-state index in [1.807, 2.05) is 0 Å². The van der Waals surface area contributed by atoms with Gasteiger partial charge in [0.15, 0.2) is 0 Å². The van der Waals surface area contributed by atoms with Crippen LogP contribution in [0.25, 0.3) is 0 Å². The highest BCUT2D eigenvalue weighted by atomic mass is 79.9. The number of hydrogen-bond donors (Lipinski definition) is 2. The van der Waals surface area contributed by atoms with Crippen LogP contribution in [0.4, 0.5) is 15.8 Å². The van der Waals surface area contributed by atoms with Crippen LogP contribution in [0.2, 0.25) is 0 Å². The molecule has 0 aliphatic heterocycles. The quantitative estimate of drug-likeness (QED) is 0.840. The summed E-state index contributed by atoms with van der Waals surface area (Å²) in [6, 6.07) is 9.89. The molecule has 100 valence electrons. The minimum atomic E-state index is -3.93. The van der Waals surface area contributed by atoms with Crippen molar-refractivity contribution >= 4 is 37.3 Å². The van der Waals surface area contributed by atoms with Crippen molar-refractivity contribution in [1.29, 1.82) is 0 Å². The lowest BCUT2D eigenvalue weighted by molar-refractivity contribution is 0.596. The monoisotopic (exact) mass is 344 g/mol. The summed E-state index contributed by atoms with van der Waals surface area (Å²) in [7, 11) is -3.93. The van der Waals surface area contributed by atoms with Crippen molar-refractivity contribution in [3.63, 3.8) is 0 Å². The fraction of sp³-hybridized carbons (Fsp3) is 0. The Morgan fingerprint density at radius 2 is 1.84 bits per heavy atom. The molecule has 19 heavy (non-hydrogen) atoms. The number of rotatable bonds is 3. The number of nitrogens with one attached hydrogen (secondary N) is 1. The van der Waals surface area contributed by atoms with Crippen LogP contribution in [-0.4, -0.2) is 8.42 Å². The van der Waals surface area contributed by atoms with Crippen molar-refractivity contribution in [2.75, 3.05) is 10.5 Å². The van der Waals surface area contributed by atoms with E-state index >= 15 is 0 Å². The van der Waals surface area contributed by atoms with Crippen molar-refractivity contribution < 1.29 is 12.8 Å². The summed E-state index contributed by atoms with van der Waals surface area (Å²) < 4.78 is 40.4. The van der Waals surface area contributed by atoms with Gasteiger partial charge in [0, 0.05) is 4.47 Å². The van der Waals surface area contributed by atoms with E-state index in [1.54, 1.807) is 24.3 Å². The first-order chi connectivity index (χ1) is 8.90. The van der Waals surface area contributed by atoms with E-state index < -0.39 is 15.8 Å². The van der Waals surface area contributed by atoms with Crippen LogP contribution >= 0.6 is 15.9 Å². The molecule has 2 rings (SSSR count). The van der Waals surface area contributed by atoms with Gasteiger partial charge >= 0.3 is 0 Å². The molecule has 0 radical (unpaired) electrons. The number of nitrogen functional groups attached to an aromatic ring is 1. The first-order valence-corrected chi connectivity index (χ1v) is 7.50. The maximum atomic E-state index is 13.1. The zero-order valence-corrected chi connectivity index (χ0v) is 12.0. The lowest BCUT2D eigenvalue weighted by Crippen LogP contribution is -2.15. The van der Waals surface area contributed by atoms with E-state index in [2.05, 4.69) is 20.7 Å². The molecule has 0 atom stereocenters. The normalized spacial score (nSPS) is 11.3. The summed E-state index contributed by atoms with van der Waals surface area (Å²) in [6.07, 6.45) is 0. The molecule has 0 saturated heterocycles. The number of para-hydroxylation sites is 1. The molecule has 0 aromatic heterocycles. The second kappa shape index (κ2) is 5.18. The van der Waals surface area contributed by atoms with Crippen molar-refractivity contribution in [3.8, 4) is 0 Å². The van der Waals surface area contributed by atoms with Crippen LogP contribution in [0.3, 0.4) is 0 Å². The topological polar surface area (TPSA) is 72.2 Å². The van der Waals surface area contributed by atoms with Crippen LogP contribution in [0, 0.1) is 5.82 Å². The predicted octanol–water partition coefficient (Wildman–Crippen LogP) is 2.97. The Bertz CT molecular complexity index is 719. The fourth-order valence-corrected chi connectivity index (χ4v) is 3.22. The molecule has 0 amide bonds. The largest absolute Gasteiger partial charge is 0.398 e. The van der Waals surface area contributed by atoms with Crippen LogP contribution in [0.5, 0.6) is 0 Å². The minimum Gasteiger partial charge on any atom is -0.398 e. The summed E-state index contributed by atoms with van der Waals surface area (Å²) >= 11 is 3.22. The molecule has 0 heterocycles. The molecular formula is C12H10BrFN2O2S. The van der Waals surface area contributed by atoms with Crippen LogP contribution in [-0.2, 0) is 10.0 Å². The second-order valence-corrected chi connectivity index (χ2v) is 6.27. The number of anilines is 2. The fourth-order valence-electron chi connectivity index (χ4n) is 1.48. The highest BCUT2D eigenvalue weighted by molar-refractivity contribution is 9.10. The Kier molecular flexibility index (Phi) is 3.77. The SMILES string of the molecule is Nc1ccc(F)cc1S(=O)(=O)Nc1ccccc1Br. The van der Waals surface area contributed by atoms with E-state index in [-0.39, 0.29) is 10.6 Å². The molecule has 0 fully saturated rings. The van der Waals surface area contributed by atoms with Crippen molar-refractivity contribution in [2.45, 2.75) is 4.90 Å². The van der Waals surface area contributed by atoms with E-state index in [0.29, 0.717) is 10.2 Å². The molecule has 4 nitrogen and oxygen atoms in total. The Morgan fingerprint density at radius 1 is 1.16 bits per heavy atom. The van der Waals surface area contributed by atoms with Gasteiger partial charge in [-0.25, -0.2) is 12.8 Å². The average Bonchev–Trinajstić information content (AvgIpc) is 2.35. The molecule has 0 aliphatic rings. The summed E-state index contributed by atoms with van der Waals surface area (Å²) in [5.74, 6) is -0.665. The van der Waals surface area contributed by atoms with Crippen LogP contribution in [0.1, 0.15) is 0 Å². The van der Waals surface area contributed by atoms with Crippen LogP contribution in [0.15, 0.2) is 51.8 Å². The smallest absolute Gasteiger partial charge is 0.264 e. The maximum Gasteiger partial charge on any atom is 0.264 e. The number of hydrogen-bond acceptors (Lipinski definition) is 3. The second-order valence-electron chi connectivity index (χ2n) is 3.77. The van der Waals surface area contributed by atoms with Gasteiger partial charge in [-0.15, -0.1) is 0 Å². The molecule has 0 aliphatic carbocycles. The van der Waals surface area contributed by atoms with E-state index in [4.69, 9.17) is 5.73 Å². The van der Waals surface area contributed by atoms with Crippen molar-refractivity contribution in [1.82, 2.24) is 0 Å². The first kappa shape index (κ1) is 13.8. The Labute approximate surface area is 118 Å². The molecule has 0 saturated carbocycles. The lowest BCUT2D eigenvalue weighted by Gasteiger charge is -2.11. The van der Waals surface area contributed by atoms with Gasteiger partial charge in [-0.2, -0.15) is 0 Å². The number of benzene rings is 2. The average molecular weight is 345 g/mol. The number of halogens is 2. The van der Waals surface area contributed by atoms with Crippen molar-refractivity contribution in [3.05, 3.63) is 52.8 Å². The molecule has 3 N–H and O–H groups in total. The first-order valence-electron chi connectivity index (χ1n) is 5.22. The number of nitrogens with two attached hydrogens (primary N) is 1. The summed E-state index contributed by atoms with van der Waals surface area (Å²) in [4.78, 5) is -0.289. The highest BCUT2D eigenvalue weighted by Crippen LogP contribution is 2.26. The van der Waals surface area contributed by atoms with Gasteiger partial charge in [0.25, 0.3) is 10.0 Å². The van der Waals surface area contributed by atoms with Gasteiger partial charge < -0.3 is 5.73 Å². The van der Waals surface area contributed by atoms with Gasteiger partial charge in [-0.3, -0.25) is 4.72 Å². The summed E-state index contributed by atoms with van der Waals surface area (Å²) in [5.41, 5.74) is 5.91. The highest BCUT2D eigenvalue weighted by Gasteiger charge is 2.19. The van der Waals surface area contributed by atoms with E-state index in [9.17, 15) is 12.8 Å². The van der Waals surface area contributed by atoms with Gasteiger partial charge in [0.2, 0.25) is 0 Å². The summed E-state index contributed by atoms with van der Waals surface area (Å²) in [6.45, 7) is 0. The van der Waals surface area contributed by atoms with Crippen LogP contribution < -0.4 is 10.5 Å². The molecule has 7 heteroatoms.